The number of carbonyl (C=O) groups is 1. The number of hydrogen-bond acceptors (Lipinski definition) is 3. The molecule has 2 aromatic carbocycles. The molecule has 0 N–H and O–H groups in total. The second-order valence-electron chi connectivity index (χ2n) is 9.60. The summed E-state index contributed by atoms with van der Waals surface area (Å²) >= 11 is 1.34. The maximum Gasteiger partial charge on any atom is 0.200 e. The number of carbonyl (C=O) groups excluding carboxylic acids is 1. The second-order valence-corrected chi connectivity index (χ2v) is 10.6. The Hall–Kier alpha value is -1.74. The van der Waals surface area contributed by atoms with Gasteiger partial charge in [0.15, 0.2) is 5.12 Å². The van der Waals surface area contributed by atoms with Gasteiger partial charge in [-0.2, -0.15) is 0 Å². The lowest BCUT2D eigenvalue weighted by molar-refractivity contribution is -0.126. The van der Waals surface area contributed by atoms with Crippen LogP contribution in [0, 0.1) is 16.2 Å². The fourth-order valence-electron chi connectivity index (χ4n) is 3.12. The fraction of sp³-hybridized carbons (Fsp3) is 0.458. The van der Waals surface area contributed by atoms with Gasteiger partial charge in [-0.25, -0.2) is 0 Å². The first-order chi connectivity index (χ1) is 12.4. The highest BCUT2D eigenvalue weighted by atomic mass is 32.2. The van der Waals surface area contributed by atoms with Gasteiger partial charge in [-0.3, -0.25) is 4.79 Å². The molecule has 3 heteroatoms. The third kappa shape index (κ3) is 5.87. The molecule has 0 radical (unpaired) electrons. The first kappa shape index (κ1) is 21.6. The lowest BCUT2D eigenvalue weighted by Gasteiger charge is -2.44. The smallest absolute Gasteiger partial charge is 0.200 e. The van der Waals surface area contributed by atoms with Crippen LogP contribution in [0.1, 0.15) is 54.9 Å². The number of para-hydroxylation sites is 1. The topological polar surface area (TPSA) is 26.3 Å². The van der Waals surface area contributed by atoms with Crippen molar-refractivity contribution in [1.82, 2.24) is 0 Å². The summed E-state index contributed by atoms with van der Waals surface area (Å²) in [6.45, 7) is 15.2. The summed E-state index contributed by atoms with van der Waals surface area (Å²) in [5.41, 5.74) is -0.429. The first-order valence-corrected chi connectivity index (χ1v) is 10.3. The zero-order chi connectivity index (χ0) is 20.3. The first-order valence-electron chi connectivity index (χ1n) is 9.46. The van der Waals surface area contributed by atoms with E-state index >= 15 is 0 Å². The van der Waals surface area contributed by atoms with Gasteiger partial charge >= 0.3 is 0 Å². The summed E-state index contributed by atoms with van der Waals surface area (Å²) in [6, 6.07) is 17.5. The molecule has 0 amide bonds. The molecule has 0 heterocycles. The molecule has 0 bridgehead atoms. The van der Waals surface area contributed by atoms with Crippen LogP contribution in [-0.4, -0.2) is 5.12 Å². The molecule has 0 saturated heterocycles. The van der Waals surface area contributed by atoms with Crippen molar-refractivity contribution in [2.75, 3.05) is 0 Å². The van der Waals surface area contributed by atoms with Crippen LogP contribution in [0.2, 0.25) is 0 Å². The third-order valence-electron chi connectivity index (χ3n) is 5.00. The SMILES string of the molecule is CC(C)(C)CC(C)(C(=O)Sc1ccc(Oc2ccccc2)cc1)C(C)(C)C. The van der Waals surface area contributed by atoms with Gasteiger partial charge in [-0.05, 0) is 53.6 Å². The minimum atomic E-state index is -0.408. The summed E-state index contributed by atoms with van der Waals surface area (Å²) in [5, 5.41) is 0.224. The van der Waals surface area contributed by atoms with Crippen LogP contribution >= 0.6 is 11.8 Å². The van der Waals surface area contributed by atoms with E-state index in [0.717, 1.165) is 22.8 Å². The van der Waals surface area contributed by atoms with Crippen molar-refractivity contribution < 1.29 is 9.53 Å². The van der Waals surface area contributed by atoms with E-state index in [2.05, 4.69) is 48.5 Å². The van der Waals surface area contributed by atoms with E-state index < -0.39 is 5.41 Å². The molecule has 2 nitrogen and oxygen atoms in total. The Morgan fingerprint density at radius 2 is 1.33 bits per heavy atom. The Morgan fingerprint density at radius 1 is 0.815 bits per heavy atom. The highest BCUT2D eigenvalue weighted by Gasteiger charge is 2.46. The van der Waals surface area contributed by atoms with Gasteiger partial charge in [0.25, 0.3) is 0 Å². The largest absolute Gasteiger partial charge is 0.457 e. The minimum Gasteiger partial charge on any atom is -0.457 e. The monoisotopic (exact) mass is 384 g/mol. The fourth-order valence-corrected chi connectivity index (χ4v) is 4.21. The Morgan fingerprint density at radius 3 is 1.81 bits per heavy atom. The van der Waals surface area contributed by atoms with Gasteiger partial charge < -0.3 is 4.74 Å². The summed E-state index contributed by atoms with van der Waals surface area (Å²) in [6.07, 6.45) is 0.852. The molecule has 0 spiro atoms. The molecule has 0 saturated carbocycles. The van der Waals surface area contributed by atoms with Crippen LogP contribution in [-0.2, 0) is 4.79 Å². The predicted molar refractivity (Wildman–Crippen MR) is 115 cm³/mol. The van der Waals surface area contributed by atoms with Crippen molar-refractivity contribution in [2.24, 2.45) is 16.2 Å². The molecule has 1 unspecified atom stereocenters. The quantitative estimate of drug-likeness (QED) is 0.497. The van der Waals surface area contributed by atoms with Crippen LogP contribution in [0.4, 0.5) is 0 Å². The summed E-state index contributed by atoms with van der Waals surface area (Å²) in [5.74, 6) is 1.57. The van der Waals surface area contributed by atoms with Crippen LogP contribution in [0.5, 0.6) is 11.5 Å². The van der Waals surface area contributed by atoms with Crippen LogP contribution in [0.3, 0.4) is 0 Å². The Bertz CT molecular complexity index is 752. The Labute approximate surface area is 168 Å². The zero-order valence-electron chi connectivity index (χ0n) is 17.6. The minimum absolute atomic E-state index is 0.0889. The van der Waals surface area contributed by atoms with Gasteiger partial charge in [0.1, 0.15) is 11.5 Å². The average molecular weight is 385 g/mol. The molecular weight excluding hydrogens is 352 g/mol. The van der Waals surface area contributed by atoms with E-state index in [1.54, 1.807) is 0 Å². The van der Waals surface area contributed by atoms with Gasteiger partial charge in [0.2, 0.25) is 0 Å². The number of thioether (sulfide) groups is 1. The molecular formula is C24H32O2S. The predicted octanol–water partition coefficient (Wildman–Crippen LogP) is 7.59. The summed E-state index contributed by atoms with van der Waals surface area (Å²) in [7, 11) is 0. The Balaban J connectivity index is 2.13. The summed E-state index contributed by atoms with van der Waals surface area (Å²) < 4.78 is 5.83. The molecule has 27 heavy (non-hydrogen) atoms. The number of ether oxygens (including phenoxy) is 1. The van der Waals surface area contributed by atoms with Crippen LogP contribution in [0.15, 0.2) is 59.5 Å². The molecule has 2 rings (SSSR count). The highest BCUT2D eigenvalue weighted by Crippen LogP contribution is 2.50. The third-order valence-corrected chi connectivity index (χ3v) is 6.15. The number of hydrogen-bond donors (Lipinski definition) is 0. The van der Waals surface area contributed by atoms with Crippen LogP contribution in [0.25, 0.3) is 0 Å². The van der Waals surface area contributed by atoms with Gasteiger partial charge in [0, 0.05) is 10.3 Å². The second kappa shape index (κ2) is 8.10. The molecule has 0 aliphatic carbocycles. The molecule has 0 aliphatic rings. The van der Waals surface area contributed by atoms with Gasteiger partial charge in [0.05, 0.1) is 0 Å². The normalized spacial score (nSPS) is 14.5. The van der Waals surface area contributed by atoms with Crippen LogP contribution < -0.4 is 4.74 Å². The number of benzene rings is 2. The van der Waals surface area contributed by atoms with E-state index in [4.69, 9.17) is 4.74 Å². The molecule has 0 fully saturated rings. The van der Waals surface area contributed by atoms with Gasteiger partial charge in [-0.15, -0.1) is 0 Å². The lowest BCUT2D eigenvalue weighted by atomic mass is 9.62. The van der Waals surface area contributed by atoms with Crippen molar-refractivity contribution in [3.05, 3.63) is 54.6 Å². The highest BCUT2D eigenvalue weighted by molar-refractivity contribution is 8.13. The van der Waals surface area contributed by atoms with Crippen molar-refractivity contribution in [1.29, 1.82) is 0 Å². The van der Waals surface area contributed by atoms with E-state index in [1.165, 1.54) is 11.8 Å². The van der Waals surface area contributed by atoms with Gasteiger partial charge in [-0.1, -0.05) is 78.4 Å². The maximum absolute atomic E-state index is 13.3. The van der Waals surface area contributed by atoms with Crippen molar-refractivity contribution in [3.8, 4) is 11.5 Å². The van der Waals surface area contributed by atoms with E-state index in [-0.39, 0.29) is 15.9 Å². The molecule has 0 aliphatic heterocycles. The van der Waals surface area contributed by atoms with Crippen molar-refractivity contribution in [2.45, 2.75) is 59.8 Å². The lowest BCUT2D eigenvalue weighted by Crippen LogP contribution is -2.42. The molecule has 0 aromatic heterocycles. The average Bonchev–Trinajstić information content (AvgIpc) is 2.55. The Kier molecular flexibility index (Phi) is 6.47. The molecule has 2 aromatic rings. The van der Waals surface area contributed by atoms with Crippen molar-refractivity contribution >= 4 is 16.9 Å². The number of rotatable bonds is 5. The maximum atomic E-state index is 13.3. The summed E-state index contributed by atoms with van der Waals surface area (Å²) in [4.78, 5) is 14.2. The van der Waals surface area contributed by atoms with E-state index in [1.807, 2.05) is 54.6 Å². The zero-order valence-corrected chi connectivity index (χ0v) is 18.4. The van der Waals surface area contributed by atoms with Crippen molar-refractivity contribution in [3.63, 3.8) is 0 Å². The van der Waals surface area contributed by atoms with E-state index in [0.29, 0.717) is 0 Å². The molecule has 1 atom stereocenters. The standard InChI is InChI=1S/C24H32O2S/c1-22(2,3)17-24(7,23(4,5)6)21(25)27-20-15-13-19(14-16-20)26-18-11-9-8-10-12-18/h8-16H,17H2,1-7H3. The van der Waals surface area contributed by atoms with E-state index in [9.17, 15) is 4.79 Å². The molecule has 146 valence electrons.